The van der Waals surface area contributed by atoms with E-state index >= 15 is 0 Å². The maximum absolute atomic E-state index is 13.2. The lowest BCUT2D eigenvalue weighted by molar-refractivity contribution is -0.136. The Hall–Kier alpha value is -3.55. The minimum Gasteiger partial charge on any atom is -0.428 e. The van der Waals surface area contributed by atoms with Crippen LogP contribution in [-0.2, 0) is 33.0 Å². The summed E-state index contributed by atoms with van der Waals surface area (Å²) in [6.45, 7) is 1.66. The topological polar surface area (TPSA) is 230 Å². The molecule has 3 atom stereocenters. The maximum Gasteiger partial charge on any atom is 0.394 e. The Kier molecular flexibility index (Phi) is 10.2. The molecule has 0 spiro atoms. The van der Waals surface area contributed by atoms with Gasteiger partial charge in [-0.2, -0.15) is 8.42 Å². The molecule has 1 aliphatic carbocycles. The molecule has 226 valence electrons. The number of rotatable bonds is 5. The Labute approximate surface area is 248 Å². The number of carbonyl (C=O) groups excluding carboxylic acids is 3. The summed E-state index contributed by atoms with van der Waals surface area (Å²) in [6, 6.07) is 2.09. The smallest absolute Gasteiger partial charge is 0.394 e. The average molecular weight is 643 g/mol. The number of nitrogens with zero attached hydrogens (tertiary/aromatic N) is 5. The first-order valence-electron chi connectivity index (χ1n) is 12.5. The monoisotopic (exact) mass is 642 g/mol. The summed E-state index contributed by atoms with van der Waals surface area (Å²) >= 11 is 7.20. The fourth-order valence-corrected chi connectivity index (χ4v) is 5.80. The molecule has 3 amide bonds. The molecule has 0 unspecified atom stereocenters. The summed E-state index contributed by atoms with van der Waals surface area (Å²) in [7, 11) is -2.63. The highest BCUT2D eigenvalue weighted by Crippen LogP contribution is 2.33. The Morgan fingerprint density at radius 1 is 1.14 bits per heavy atom. The number of thiazole rings is 1. The molecule has 0 bridgehead atoms. The van der Waals surface area contributed by atoms with Crippen LogP contribution in [0, 0.1) is 0 Å². The number of amides is 3. The number of fused-ring (bicyclic) bond motifs is 1. The molecule has 4 heterocycles. The van der Waals surface area contributed by atoms with Crippen molar-refractivity contribution in [2.24, 2.45) is 0 Å². The van der Waals surface area contributed by atoms with Crippen molar-refractivity contribution in [2.75, 3.05) is 18.9 Å². The van der Waals surface area contributed by atoms with Gasteiger partial charge in [-0.1, -0.05) is 11.6 Å². The molecule has 0 radical (unpaired) electrons. The molecule has 1 aliphatic heterocycles. The van der Waals surface area contributed by atoms with E-state index in [4.69, 9.17) is 33.5 Å². The van der Waals surface area contributed by atoms with Crippen LogP contribution in [0.25, 0.3) is 0 Å². The Morgan fingerprint density at radius 2 is 1.90 bits per heavy atom. The van der Waals surface area contributed by atoms with Crippen molar-refractivity contribution in [2.45, 2.75) is 50.2 Å². The van der Waals surface area contributed by atoms with Crippen LogP contribution < -0.4 is 16.0 Å². The normalized spacial score (nSPS) is 20.4. The molecule has 3 aromatic heterocycles. The third-order valence-electron chi connectivity index (χ3n) is 6.50. The minimum absolute atomic E-state index is 0.0915. The second kappa shape index (κ2) is 13.6. The highest BCUT2D eigenvalue weighted by Gasteiger charge is 2.37. The van der Waals surface area contributed by atoms with E-state index in [1.165, 1.54) is 30.0 Å². The molecule has 5 N–H and O–H groups in total. The second-order valence-corrected chi connectivity index (χ2v) is 12.0. The minimum atomic E-state index is -4.67. The van der Waals surface area contributed by atoms with Crippen molar-refractivity contribution >= 4 is 56.9 Å². The lowest BCUT2D eigenvalue weighted by Gasteiger charge is -2.35. The number of pyridine rings is 1. The van der Waals surface area contributed by atoms with E-state index in [1.807, 2.05) is 7.05 Å². The quantitative estimate of drug-likeness (QED) is 0.194. The molecule has 3 aromatic rings. The zero-order valence-electron chi connectivity index (χ0n) is 22.1. The molecule has 16 nitrogen and oxygen atoms in total. The number of anilines is 1. The van der Waals surface area contributed by atoms with Gasteiger partial charge in [0.25, 0.3) is 5.91 Å². The van der Waals surface area contributed by atoms with Crippen LogP contribution in [0.2, 0.25) is 5.02 Å². The van der Waals surface area contributed by atoms with Crippen LogP contribution in [0.15, 0.2) is 29.1 Å². The van der Waals surface area contributed by atoms with Crippen LogP contribution in [0.4, 0.5) is 5.82 Å². The Bertz CT molecular complexity index is 1510. The Morgan fingerprint density at radius 3 is 2.57 bits per heavy atom. The number of hydrogen-bond donors (Lipinski definition) is 5. The molecule has 1 fully saturated rings. The molecule has 2 aliphatic rings. The third kappa shape index (κ3) is 8.97. The SMILES string of the molecule is CN1CCc2nc(C(=O)N[C@@H]3C[C@@H](c4nnco4)CC[C@@H]3NC(=O)C(=O)Nc3ccc(Cl)cn3)sc2C1.O=S(=O)(O)O. The predicted octanol–water partition coefficient (Wildman–Crippen LogP) is 1.10. The van der Waals surface area contributed by atoms with E-state index in [0.29, 0.717) is 35.2 Å². The third-order valence-corrected chi connectivity index (χ3v) is 7.81. The summed E-state index contributed by atoms with van der Waals surface area (Å²) in [5.41, 5.74) is 0.956. The fraction of sp³-hybridized carbons (Fsp3) is 0.435. The second-order valence-electron chi connectivity index (χ2n) is 9.59. The molecule has 0 saturated heterocycles. The van der Waals surface area contributed by atoms with Crippen molar-refractivity contribution in [1.29, 1.82) is 0 Å². The van der Waals surface area contributed by atoms with Crippen molar-refractivity contribution < 1.29 is 36.3 Å². The first-order chi connectivity index (χ1) is 19.9. The van der Waals surface area contributed by atoms with Gasteiger partial charge in [0.1, 0.15) is 5.82 Å². The van der Waals surface area contributed by atoms with E-state index in [2.05, 4.69) is 41.0 Å². The van der Waals surface area contributed by atoms with Crippen LogP contribution in [-0.4, -0.2) is 86.0 Å². The number of likely N-dealkylation sites (N-methyl/N-ethyl adjacent to an activating group) is 1. The first kappa shape index (κ1) is 31.4. The molecule has 5 rings (SSSR count). The highest BCUT2D eigenvalue weighted by molar-refractivity contribution is 7.79. The van der Waals surface area contributed by atoms with Crippen molar-refractivity contribution in [3.8, 4) is 0 Å². The van der Waals surface area contributed by atoms with Gasteiger partial charge < -0.3 is 25.3 Å². The van der Waals surface area contributed by atoms with Gasteiger partial charge in [0.15, 0.2) is 5.01 Å². The van der Waals surface area contributed by atoms with Gasteiger partial charge in [0, 0.05) is 42.5 Å². The molecular weight excluding hydrogens is 616 g/mol. The summed E-state index contributed by atoms with van der Waals surface area (Å²) in [5, 5.41) is 16.8. The number of aromatic nitrogens is 4. The van der Waals surface area contributed by atoms with Gasteiger partial charge in [-0.3, -0.25) is 23.5 Å². The molecule has 1 saturated carbocycles. The summed E-state index contributed by atoms with van der Waals surface area (Å²) in [6.07, 6.45) is 5.02. The molecular formula is C23H27ClN8O8S2. The standard InChI is InChI=1S/C23H25ClN8O4S.H2O4S/c1-32-7-6-15-17(10-32)37-23(29-15)21(35)28-16-8-12(22-31-26-11-36-22)2-4-14(16)27-19(33)20(34)30-18-5-3-13(24)9-25-18;1-5(2,3)4/h3,5,9,11-12,14,16H,2,4,6-8,10H2,1H3,(H,27,33)(H,28,35)(H,25,30,34);(H2,1,2,3,4)/t12-,14-,16+;/m0./s1. The fourth-order valence-electron chi connectivity index (χ4n) is 4.59. The number of nitrogens with one attached hydrogen (secondary N) is 3. The van der Waals surface area contributed by atoms with Gasteiger partial charge in [0.05, 0.1) is 16.8 Å². The number of halogens is 1. The van der Waals surface area contributed by atoms with Crippen molar-refractivity contribution in [1.82, 2.24) is 35.7 Å². The van der Waals surface area contributed by atoms with Crippen LogP contribution >= 0.6 is 22.9 Å². The maximum atomic E-state index is 13.2. The van der Waals surface area contributed by atoms with Gasteiger partial charge in [-0.15, -0.1) is 21.5 Å². The molecule has 0 aromatic carbocycles. The van der Waals surface area contributed by atoms with E-state index in [9.17, 15) is 14.4 Å². The van der Waals surface area contributed by atoms with Gasteiger partial charge >= 0.3 is 22.2 Å². The van der Waals surface area contributed by atoms with Gasteiger partial charge in [-0.25, -0.2) is 9.97 Å². The molecule has 42 heavy (non-hydrogen) atoms. The van der Waals surface area contributed by atoms with Crippen LogP contribution in [0.1, 0.15) is 51.4 Å². The number of hydrogen-bond acceptors (Lipinski definition) is 12. The largest absolute Gasteiger partial charge is 0.428 e. The summed E-state index contributed by atoms with van der Waals surface area (Å²) in [5.74, 6) is -1.42. The van der Waals surface area contributed by atoms with Crippen LogP contribution in [0.3, 0.4) is 0 Å². The zero-order valence-corrected chi connectivity index (χ0v) is 24.4. The van der Waals surface area contributed by atoms with Gasteiger partial charge in [-0.05, 0) is 38.4 Å². The summed E-state index contributed by atoms with van der Waals surface area (Å²) < 4.78 is 37.0. The van der Waals surface area contributed by atoms with E-state index in [0.717, 1.165) is 30.1 Å². The molecule has 19 heteroatoms. The Balaban J connectivity index is 0.000000748. The van der Waals surface area contributed by atoms with E-state index in [-0.39, 0.29) is 17.6 Å². The average Bonchev–Trinajstić information content (AvgIpc) is 3.60. The first-order valence-corrected chi connectivity index (χ1v) is 15.1. The van der Waals surface area contributed by atoms with Crippen molar-refractivity contribution in [3.63, 3.8) is 0 Å². The highest BCUT2D eigenvalue weighted by atomic mass is 35.5. The number of carbonyl (C=O) groups is 3. The lowest BCUT2D eigenvalue weighted by atomic mass is 9.82. The van der Waals surface area contributed by atoms with Crippen LogP contribution in [0.5, 0.6) is 0 Å². The summed E-state index contributed by atoms with van der Waals surface area (Å²) in [4.78, 5) is 50.2. The van der Waals surface area contributed by atoms with E-state index < -0.39 is 34.3 Å². The van der Waals surface area contributed by atoms with E-state index in [1.54, 1.807) is 6.07 Å². The van der Waals surface area contributed by atoms with Gasteiger partial charge in [0.2, 0.25) is 12.3 Å². The van der Waals surface area contributed by atoms with Crippen molar-refractivity contribution in [3.05, 3.63) is 51.2 Å². The zero-order chi connectivity index (χ0) is 30.4. The predicted molar refractivity (Wildman–Crippen MR) is 148 cm³/mol. The lowest BCUT2D eigenvalue weighted by Crippen LogP contribution is -2.56.